The molecule has 0 radical (unpaired) electrons. The Labute approximate surface area is 129 Å². The largest absolute Gasteiger partial charge is 0.356 e. The quantitative estimate of drug-likeness (QED) is 0.643. The summed E-state index contributed by atoms with van der Waals surface area (Å²) in [6.45, 7) is 7.11. The Morgan fingerprint density at radius 3 is 2.70 bits per heavy atom. The van der Waals surface area contributed by atoms with Crippen LogP contribution in [0.1, 0.15) is 52.4 Å². The standard InChI is InChI=1S/C16H32N2OS/c1-16(2,14-9-8-10-17-13-14)15(19)18-11-6-4-5-7-12-20-3/h14,17H,4-13H2,1-3H3,(H,18,19). The fraction of sp³-hybridized carbons (Fsp3) is 0.938. The van der Waals surface area contributed by atoms with Crippen LogP contribution in [0.25, 0.3) is 0 Å². The van der Waals surface area contributed by atoms with E-state index in [-0.39, 0.29) is 11.3 Å². The number of carbonyl (C=O) groups is 1. The highest BCUT2D eigenvalue weighted by molar-refractivity contribution is 7.98. The van der Waals surface area contributed by atoms with Crippen LogP contribution in [-0.2, 0) is 4.79 Å². The lowest BCUT2D eigenvalue weighted by atomic mass is 9.74. The molecular formula is C16H32N2OS. The van der Waals surface area contributed by atoms with Crippen molar-refractivity contribution >= 4 is 17.7 Å². The summed E-state index contributed by atoms with van der Waals surface area (Å²) in [7, 11) is 0. The molecule has 1 aliphatic rings. The van der Waals surface area contributed by atoms with Crippen molar-refractivity contribution in [3.05, 3.63) is 0 Å². The fourth-order valence-corrected chi connectivity index (χ4v) is 3.30. The highest BCUT2D eigenvalue weighted by Crippen LogP contribution is 2.31. The summed E-state index contributed by atoms with van der Waals surface area (Å²) in [6, 6.07) is 0. The lowest BCUT2D eigenvalue weighted by Gasteiger charge is -2.36. The van der Waals surface area contributed by atoms with Crippen LogP contribution < -0.4 is 10.6 Å². The monoisotopic (exact) mass is 300 g/mol. The number of hydrogen-bond acceptors (Lipinski definition) is 3. The predicted octanol–water partition coefficient (Wildman–Crippen LogP) is 3.05. The Bertz CT molecular complexity index is 276. The molecule has 1 amide bonds. The van der Waals surface area contributed by atoms with Crippen LogP contribution in [0.2, 0.25) is 0 Å². The first-order valence-corrected chi connectivity index (χ1v) is 9.46. The molecule has 0 spiro atoms. The van der Waals surface area contributed by atoms with E-state index in [2.05, 4.69) is 30.7 Å². The maximum atomic E-state index is 12.4. The van der Waals surface area contributed by atoms with E-state index >= 15 is 0 Å². The summed E-state index contributed by atoms with van der Waals surface area (Å²) < 4.78 is 0. The van der Waals surface area contributed by atoms with Gasteiger partial charge in [-0.1, -0.05) is 26.7 Å². The van der Waals surface area contributed by atoms with Crippen LogP contribution in [-0.4, -0.2) is 37.6 Å². The van der Waals surface area contributed by atoms with Crippen LogP contribution in [0, 0.1) is 11.3 Å². The van der Waals surface area contributed by atoms with Crippen molar-refractivity contribution in [1.82, 2.24) is 10.6 Å². The molecule has 1 saturated heterocycles. The normalized spacial score (nSPS) is 19.9. The van der Waals surface area contributed by atoms with Crippen molar-refractivity contribution in [3.63, 3.8) is 0 Å². The maximum Gasteiger partial charge on any atom is 0.225 e. The van der Waals surface area contributed by atoms with Crippen LogP contribution >= 0.6 is 11.8 Å². The van der Waals surface area contributed by atoms with Crippen molar-refractivity contribution in [2.45, 2.75) is 52.4 Å². The average Bonchev–Trinajstić information content (AvgIpc) is 2.47. The molecule has 1 rings (SSSR count). The van der Waals surface area contributed by atoms with Gasteiger partial charge in [-0.3, -0.25) is 4.79 Å². The Balaban J connectivity index is 2.17. The van der Waals surface area contributed by atoms with Gasteiger partial charge in [0.25, 0.3) is 0 Å². The fourth-order valence-electron chi connectivity index (χ4n) is 2.81. The van der Waals surface area contributed by atoms with E-state index in [1.807, 2.05) is 11.8 Å². The van der Waals surface area contributed by atoms with Crippen LogP contribution in [0.4, 0.5) is 0 Å². The summed E-state index contributed by atoms with van der Waals surface area (Å²) in [4.78, 5) is 12.4. The summed E-state index contributed by atoms with van der Waals surface area (Å²) in [5.74, 6) is 1.96. The summed E-state index contributed by atoms with van der Waals surface area (Å²) in [6.07, 6.45) is 9.44. The third-order valence-corrected chi connectivity index (χ3v) is 5.16. The zero-order valence-electron chi connectivity index (χ0n) is 13.5. The average molecular weight is 301 g/mol. The van der Waals surface area contributed by atoms with E-state index in [1.165, 1.54) is 37.9 Å². The molecule has 0 aromatic heterocycles. The SMILES string of the molecule is CSCCCCCCNC(=O)C(C)(C)C1CCCNC1. The highest BCUT2D eigenvalue weighted by atomic mass is 32.2. The number of piperidine rings is 1. The molecule has 20 heavy (non-hydrogen) atoms. The van der Waals surface area contributed by atoms with E-state index in [0.29, 0.717) is 5.92 Å². The maximum absolute atomic E-state index is 12.4. The molecule has 4 heteroatoms. The number of carbonyl (C=O) groups excluding carboxylic acids is 1. The molecule has 0 aromatic rings. The minimum Gasteiger partial charge on any atom is -0.356 e. The van der Waals surface area contributed by atoms with Crippen LogP contribution in [0.5, 0.6) is 0 Å². The second-order valence-electron chi connectivity index (χ2n) is 6.43. The van der Waals surface area contributed by atoms with Crippen LogP contribution in [0.15, 0.2) is 0 Å². The van der Waals surface area contributed by atoms with Crippen molar-refractivity contribution in [1.29, 1.82) is 0 Å². The lowest BCUT2D eigenvalue weighted by Crippen LogP contribution is -2.47. The Kier molecular flexibility index (Phi) is 8.62. The second kappa shape index (κ2) is 9.67. The highest BCUT2D eigenvalue weighted by Gasteiger charge is 2.36. The number of nitrogens with one attached hydrogen (secondary N) is 2. The smallest absolute Gasteiger partial charge is 0.225 e. The molecule has 118 valence electrons. The van der Waals surface area contributed by atoms with Gasteiger partial charge in [0.15, 0.2) is 0 Å². The van der Waals surface area contributed by atoms with Gasteiger partial charge in [0.05, 0.1) is 0 Å². The number of rotatable bonds is 9. The summed E-state index contributed by atoms with van der Waals surface area (Å²) in [5.41, 5.74) is -0.244. The number of thioether (sulfide) groups is 1. The first-order valence-electron chi connectivity index (χ1n) is 8.07. The first-order chi connectivity index (χ1) is 9.59. The van der Waals surface area contributed by atoms with Gasteiger partial charge in [0.2, 0.25) is 5.91 Å². The van der Waals surface area contributed by atoms with Gasteiger partial charge in [0, 0.05) is 12.0 Å². The van der Waals surface area contributed by atoms with Gasteiger partial charge in [-0.2, -0.15) is 11.8 Å². The molecule has 1 heterocycles. The zero-order chi connectivity index (χ0) is 14.8. The van der Waals surface area contributed by atoms with Gasteiger partial charge in [-0.15, -0.1) is 0 Å². The molecule has 2 N–H and O–H groups in total. The van der Waals surface area contributed by atoms with Crippen molar-refractivity contribution < 1.29 is 4.79 Å². The number of hydrogen-bond donors (Lipinski definition) is 2. The molecule has 1 atom stereocenters. The van der Waals surface area contributed by atoms with E-state index in [0.717, 1.165) is 26.1 Å². The Morgan fingerprint density at radius 1 is 1.30 bits per heavy atom. The van der Waals surface area contributed by atoms with Gasteiger partial charge < -0.3 is 10.6 Å². The molecule has 1 fully saturated rings. The molecule has 1 aliphatic heterocycles. The van der Waals surface area contributed by atoms with Crippen LogP contribution in [0.3, 0.4) is 0 Å². The van der Waals surface area contributed by atoms with Crippen molar-refractivity contribution in [3.8, 4) is 0 Å². The minimum atomic E-state index is -0.244. The predicted molar refractivity (Wildman–Crippen MR) is 89.2 cm³/mol. The zero-order valence-corrected chi connectivity index (χ0v) is 14.3. The number of unbranched alkanes of at least 4 members (excludes halogenated alkanes) is 3. The van der Waals surface area contributed by atoms with Gasteiger partial charge in [0.1, 0.15) is 0 Å². The Hall–Kier alpha value is -0.220. The van der Waals surface area contributed by atoms with E-state index in [9.17, 15) is 4.79 Å². The summed E-state index contributed by atoms with van der Waals surface area (Å²) in [5, 5.41) is 6.55. The van der Waals surface area contributed by atoms with E-state index in [1.54, 1.807) is 0 Å². The topological polar surface area (TPSA) is 41.1 Å². The molecule has 1 unspecified atom stereocenters. The van der Waals surface area contributed by atoms with Crippen molar-refractivity contribution in [2.24, 2.45) is 11.3 Å². The molecule has 0 aliphatic carbocycles. The Morgan fingerprint density at radius 2 is 2.05 bits per heavy atom. The number of amides is 1. The van der Waals surface area contributed by atoms with Gasteiger partial charge in [-0.25, -0.2) is 0 Å². The third kappa shape index (κ3) is 6.04. The first kappa shape index (κ1) is 17.8. The lowest BCUT2D eigenvalue weighted by molar-refractivity contribution is -0.132. The van der Waals surface area contributed by atoms with E-state index < -0.39 is 0 Å². The molecule has 0 bridgehead atoms. The molecular weight excluding hydrogens is 268 g/mol. The third-order valence-electron chi connectivity index (χ3n) is 4.46. The molecule has 0 aromatic carbocycles. The van der Waals surface area contributed by atoms with Crippen molar-refractivity contribution in [2.75, 3.05) is 31.6 Å². The minimum absolute atomic E-state index is 0.232. The second-order valence-corrected chi connectivity index (χ2v) is 7.41. The summed E-state index contributed by atoms with van der Waals surface area (Å²) >= 11 is 1.91. The van der Waals surface area contributed by atoms with Gasteiger partial charge >= 0.3 is 0 Å². The molecule has 3 nitrogen and oxygen atoms in total. The van der Waals surface area contributed by atoms with Gasteiger partial charge in [-0.05, 0) is 56.7 Å². The molecule has 0 saturated carbocycles. The van der Waals surface area contributed by atoms with E-state index in [4.69, 9.17) is 0 Å².